The number of halogens is 3. The van der Waals surface area contributed by atoms with E-state index in [4.69, 9.17) is 4.74 Å². The van der Waals surface area contributed by atoms with E-state index >= 15 is 0 Å². The first-order valence-corrected chi connectivity index (χ1v) is 10.3. The predicted octanol–water partition coefficient (Wildman–Crippen LogP) is 1.83. The van der Waals surface area contributed by atoms with Gasteiger partial charge in [-0.3, -0.25) is 13.9 Å². The van der Waals surface area contributed by atoms with Gasteiger partial charge in [0.25, 0.3) is 5.56 Å². The number of ether oxygens (including phenoxy) is 1. The fourth-order valence-electron chi connectivity index (χ4n) is 3.89. The first-order valence-electron chi connectivity index (χ1n) is 9.51. The lowest BCUT2D eigenvalue weighted by Gasteiger charge is -2.13. The number of aromatic nitrogens is 2. The van der Waals surface area contributed by atoms with Crippen LogP contribution in [0.4, 0.5) is 18.0 Å². The summed E-state index contributed by atoms with van der Waals surface area (Å²) in [6, 6.07) is -1.40. The van der Waals surface area contributed by atoms with Gasteiger partial charge in [-0.15, -0.1) is 11.3 Å². The molecule has 1 saturated carbocycles. The zero-order valence-corrected chi connectivity index (χ0v) is 17.2. The van der Waals surface area contributed by atoms with Crippen molar-refractivity contribution in [3.63, 3.8) is 0 Å². The number of rotatable bonds is 6. The number of urea groups is 1. The van der Waals surface area contributed by atoms with Gasteiger partial charge < -0.3 is 15.0 Å². The standard InChI is InChI=1S/C18H21F3N4O4S/c1-9-12(8-23-4-3-22-16(23)27)30-15-13(9)14(26)25(11-7-10(11)18(19,20)21)17(28)24(15)5-6-29-2/h10-11H,3-8H2,1-2H3,(H,22,27). The van der Waals surface area contributed by atoms with Gasteiger partial charge in [-0.25, -0.2) is 9.59 Å². The molecule has 4 rings (SSSR count). The predicted molar refractivity (Wildman–Crippen MR) is 104 cm³/mol. The van der Waals surface area contributed by atoms with Crippen LogP contribution in [0.2, 0.25) is 0 Å². The van der Waals surface area contributed by atoms with E-state index in [-0.39, 0.29) is 37.5 Å². The summed E-state index contributed by atoms with van der Waals surface area (Å²) < 4.78 is 46.5. The van der Waals surface area contributed by atoms with Gasteiger partial charge in [-0.05, 0) is 18.9 Å². The van der Waals surface area contributed by atoms with Crippen LogP contribution in [0.3, 0.4) is 0 Å². The highest BCUT2D eigenvalue weighted by Crippen LogP contribution is 2.52. The Kier molecular flexibility index (Phi) is 5.17. The number of hydrogen-bond acceptors (Lipinski definition) is 5. The third-order valence-corrected chi connectivity index (χ3v) is 6.95. The number of alkyl halides is 3. The minimum absolute atomic E-state index is 0.110. The van der Waals surface area contributed by atoms with Crippen LogP contribution in [0, 0.1) is 12.8 Å². The molecule has 2 aromatic heterocycles. The first-order chi connectivity index (χ1) is 14.1. The van der Waals surface area contributed by atoms with Crippen molar-refractivity contribution in [3.05, 3.63) is 31.3 Å². The van der Waals surface area contributed by atoms with E-state index < -0.39 is 29.4 Å². The molecule has 0 spiro atoms. The molecular weight excluding hydrogens is 425 g/mol. The topological polar surface area (TPSA) is 85.6 Å². The van der Waals surface area contributed by atoms with E-state index in [1.165, 1.54) is 23.0 Å². The molecule has 0 radical (unpaired) electrons. The van der Waals surface area contributed by atoms with Crippen LogP contribution in [0.25, 0.3) is 10.2 Å². The smallest absolute Gasteiger partial charge is 0.383 e. The molecule has 2 fully saturated rings. The normalized spacial score (nSPS) is 21.5. The summed E-state index contributed by atoms with van der Waals surface area (Å²) in [6.45, 7) is 3.29. The number of methoxy groups -OCH3 is 1. The number of carbonyl (C=O) groups excluding carboxylic acids is 1. The largest absolute Gasteiger partial charge is 0.393 e. The quantitative estimate of drug-likeness (QED) is 0.734. The summed E-state index contributed by atoms with van der Waals surface area (Å²) in [5, 5.41) is 2.94. The maximum atomic E-state index is 13.1. The zero-order chi connectivity index (χ0) is 21.8. The summed E-state index contributed by atoms with van der Waals surface area (Å²) in [7, 11) is 1.45. The Labute approximate surface area is 172 Å². The second kappa shape index (κ2) is 7.41. The van der Waals surface area contributed by atoms with E-state index in [1.54, 1.807) is 11.8 Å². The Morgan fingerprint density at radius 1 is 1.27 bits per heavy atom. The van der Waals surface area contributed by atoms with Gasteiger partial charge >= 0.3 is 17.9 Å². The van der Waals surface area contributed by atoms with Crippen LogP contribution >= 0.6 is 11.3 Å². The lowest BCUT2D eigenvalue weighted by Crippen LogP contribution is -2.40. The molecule has 12 heteroatoms. The summed E-state index contributed by atoms with van der Waals surface area (Å²) in [5.41, 5.74) is -0.872. The Hall–Kier alpha value is -2.34. The molecule has 164 valence electrons. The van der Waals surface area contributed by atoms with Crippen molar-refractivity contribution >= 4 is 27.6 Å². The number of aryl methyl sites for hydroxylation is 1. The lowest BCUT2D eigenvalue weighted by molar-refractivity contribution is -0.150. The average molecular weight is 446 g/mol. The van der Waals surface area contributed by atoms with Gasteiger partial charge in [-0.1, -0.05) is 0 Å². The molecule has 1 N–H and O–H groups in total. The monoisotopic (exact) mass is 446 g/mol. The molecular formula is C18H21F3N4O4S. The zero-order valence-electron chi connectivity index (χ0n) is 16.4. The van der Waals surface area contributed by atoms with E-state index in [1.807, 2.05) is 0 Å². The van der Waals surface area contributed by atoms with Crippen molar-refractivity contribution in [2.24, 2.45) is 5.92 Å². The maximum absolute atomic E-state index is 13.1. The Bertz CT molecular complexity index is 1120. The molecule has 2 aromatic rings. The first kappa shape index (κ1) is 20.9. The van der Waals surface area contributed by atoms with Crippen molar-refractivity contribution in [3.8, 4) is 0 Å². The van der Waals surface area contributed by atoms with Gasteiger partial charge in [0.15, 0.2) is 0 Å². The number of carbonyl (C=O) groups is 1. The second-order valence-corrected chi connectivity index (χ2v) is 8.62. The third kappa shape index (κ3) is 3.41. The molecule has 3 heterocycles. The molecule has 2 atom stereocenters. The van der Waals surface area contributed by atoms with Gasteiger partial charge in [0.2, 0.25) is 0 Å². The van der Waals surface area contributed by atoms with E-state index in [0.717, 1.165) is 9.44 Å². The highest BCUT2D eigenvalue weighted by Gasteiger charge is 2.57. The molecule has 0 aromatic carbocycles. The lowest BCUT2D eigenvalue weighted by atomic mass is 10.2. The summed E-state index contributed by atoms with van der Waals surface area (Å²) >= 11 is 1.22. The van der Waals surface area contributed by atoms with E-state index in [9.17, 15) is 27.6 Å². The van der Waals surface area contributed by atoms with Crippen LogP contribution in [0.1, 0.15) is 22.9 Å². The van der Waals surface area contributed by atoms with Crippen LogP contribution in [0.5, 0.6) is 0 Å². The summed E-state index contributed by atoms with van der Waals surface area (Å²) in [6.07, 6.45) is -4.74. The molecule has 2 unspecified atom stereocenters. The molecule has 1 saturated heterocycles. The number of amides is 2. The van der Waals surface area contributed by atoms with Crippen LogP contribution < -0.4 is 16.6 Å². The van der Waals surface area contributed by atoms with E-state index in [2.05, 4.69) is 5.32 Å². The van der Waals surface area contributed by atoms with Crippen LogP contribution in [0.15, 0.2) is 9.59 Å². The number of fused-ring (bicyclic) bond motifs is 1. The third-order valence-electron chi connectivity index (χ3n) is 5.65. The van der Waals surface area contributed by atoms with Gasteiger partial charge in [0.05, 0.1) is 37.0 Å². The molecule has 1 aliphatic heterocycles. The highest BCUT2D eigenvalue weighted by molar-refractivity contribution is 7.18. The van der Waals surface area contributed by atoms with Crippen molar-refractivity contribution in [1.82, 2.24) is 19.4 Å². The summed E-state index contributed by atoms with van der Waals surface area (Å²) in [5.74, 6) is -1.69. The number of hydrogen-bond donors (Lipinski definition) is 1. The van der Waals surface area contributed by atoms with Gasteiger partial charge in [0, 0.05) is 25.1 Å². The molecule has 0 bridgehead atoms. The van der Waals surface area contributed by atoms with Crippen LogP contribution in [-0.2, 0) is 17.8 Å². The minimum Gasteiger partial charge on any atom is -0.383 e. The number of thiophene rings is 1. The fraction of sp³-hybridized carbons (Fsp3) is 0.611. The number of nitrogens with one attached hydrogen (secondary N) is 1. The highest BCUT2D eigenvalue weighted by atomic mass is 32.1. The molecule has 8 nitrogen and oxygen atoms in total. The molecule has 2 aliphatic rings. The van der Waals surface area contributed by atoms with Crippen molar-refractivity contribution in [1.29, 1.82) is 0 Å². The second-order valence-electron chi connectivity index (χ2n) is 7.54. The van der Waals surface area contributed by atoms with E-state index in [0.29, 0.717) is 23.5 Å². The Balaban J connectivity index is 1.85. The average Bonchev–Trinajstić information content (AvgIpc) is 3.27. The Morgan fingerprint density at radius 2 is 2.00 bits per heavy atom. The van der Waals surface area contributed by atoms with Gasteiger partial charge in [-0.2, -0.15) is 13.2 Å². The molecule has 1 aliphatic carbocycles. The van der Waals surface area contributed by atoms with Crippen molar-refractivity contribution in [2.75, 3.05) is 26.8 Å². The maximum Gasteiger partial charge on any atom is 0.393 e. The van der Waals surface area contributed by atoms with Gasteiger partial charge in [0.1, 0.15) is 4.83 Å². The minimum atomic E-state index is -4.46. The molecule has 2 amide bonds. The fourth-order valence-corrected chi connectivity index (χ4v) is 5.22. The summed E-state index contributed by atoms with van der Waals surface area (Å²) in [4.78, 5) is 40.8. The SMILES string of the molecule is COCCn1c(=O)n(C2CC2C(F)(F)F)c(=O)c2c(C)c(CN3CCNC3=O)sc21. The Morgan fingerprint density at radius 3 is 2.57 bits per heavy atom. The van der Waals surface area contributed by atoms with Crippen LogP contribution in [-0.4, -0.2) is 53.0 Å². The number of nitrogens with zero attached hydrogens (tertiary/aromatic N) is 3. The van der Waals surface area contributed by atoms with Crippen molar-refractivity contribution in [2.45, 2.75) is 38.7 Å². The molecule has 30 heavy (non-hydrogen) atoms. The van der Waals surface area contributed by atoms with Crippen molar-refractivity contribution < 1.29 is 22.7 Å².